The molecule has 0 saturated carbocycles. The smallest absolute Gasteiger partial charge is 0.337 e. The van der Waals surface area contributed by atoms with Crippen LogP contribution in [0, 0.1) is 5.92 Å². The van der Waals surface area contributed by atoms with Gasteiger partial charge in [-0.3, -0.25) is 4.79 Å². The van der Waals surface area contributed by atoms with Gasteiger partial charge in [-0.2, -0.15) is 0 Å². The van der Waals surface area contributed by atoms with E-state index >= 15 is 0 Å². The van der Waals surface area contributed by atoms with Crippen molar-refractivity contribution in [1.29, 1.82) is 0 Å². The van der Waals surface area contributed by atoms with Crippen molar-refractivity contribution in [2.75, 3.05) is 13.7 Å². The Morgan fingerprint density at radius 1 is 1.06 bits per heavy atom. The maximum Gasteiger partial charge on any atom is 0.337 e. The monoisotopic (exact) mass is 465 g/mol. The summed E-state index contributed by atoms with van der Waals surface area (Å²) in [6.07, 6.45) is 7.54. The van der Waals surface area contributed by atoms with E-state index in [1.165, 1.54) is 12.7 Å². The van der Waals surface area contributed by atoms with E-state index in [0.717, 1.165) is 56.9 Å². The van der Waals surface area contributed by atoms with Crippen molar-refractivity contribution in [3.63, 3.8) is 0 Å². The van der Waals surface area contributed by atoms with Crippen LogP contribution >= 0.6 is 0 Å². The minimum atomic E-state index is -0.329. The Bertz CT molecular complexity index is 913. The zero-order valence-corrected chi connectivity index (χ0v) is 20.6. The molecule has 184 valence electrons. The van der Waals surface area contributed by atoms with Crippen LogP contribution in [0.25, 0.3) is 0 Å². The topological polar surface area (TPSA) is 66.8 Å². The highest BCUT2D eigenvalue weighted by Crippen LogP contribution is 2.26. The van der Waals surface area contributed by atoms with Crippen LogP contribution in [0.4, 0.5) is 0 Å². The fourth-order valence-electron chi connectivity index (χ4n) is 4.94. The van der Waals surface area contributed by atoms with Gasteiger partial charge in [-0.25, -0.2) is 4.79 Å². The number of ether oxygens (including phenoxy) is 1. The highest BCUT2D eigenvalue weighted by molar-refractivity contribution is 5.89. The summed E-state index contributed by atoms with van der Waals surface area (Å²) < 4.78 is 4.80. The second-order valence-electron chi connectivity index (χ2n) is 9.57. The van der Waals surface area contributed by atoms with E-state index in [4.69, 9.17) is 4.74 Å². The first-order valence-electron chi connectivity index (χ1n) is 12.7. The van der Waals surface area contributed by atoms with E-state index in [1.54, 1.807) is 6.07 Å². The van der Waals surface area contributed by atoms with Gasteiger partial charge in [0.2, 0.25) is 5.91 Å². The third-order valence-electron chi connectivity index (χ3n) is 7.09. The quantitative estimate of drug-likeness (QED) is 0.413. The molecule has 1 N–H and O–H groups in total. The largest absolute Gasteiger partial charge is 0.465 e. The van der Waals surface area contributed by atoms with Crippen LogP contribution < -0.4 is 0 Å². The van der Waals surface area contributed by atoms with Crippen molar-refractivity contribution in [3.8, 4) is 0 Å². The third kappa shape index (κ3) is 7.69. The number of hydrogen-bond donors (Lipinski definition) is 1. The van der Waals surface area contributed by atoms with E-state index in [2.05, 4.69) is 31.2 Å². The molecule has 5 heteroatoms. The van der Waals surface area contributed by atoms with Gasteiger partial charge in [0.15, 0.2) is 0 Å². The number of carbonyl (C=O) groups excluding carboxylic acids is 2. The number of methoxy groups -OCH3 is 1. The Morgan fingerprint density at radius 2 is 1.79 bits per heavy atom. The summed E-state index contributed by atoms with van der Waals surface area (Å²) in [5, 5.41) is 10.7. The Balaban J connectivity index is 1.40. The lowest BCUT2D eigenvalue weighted by Gasteiger charge is -2.27. The van der Waals surface area contributed by atoms with E-state index in [1.807, 2.05) is 29.2 Å². The molecular weight excluding hydrogens is 426 g/mol. The van der Waals surface area contributed by atoms with Crippen LogP contribution in [-0.2, 0) is 22.4 Å². The van der Waals surface area contributed by atoms with E-state index in [9.17, 15) is 14.7 Å². The summed E-state index contributed by atoms with van der Waals surface area (Å²) in [5.41, 5.74) is 2.98. The number of esters is 1. The van der Waals surface area contributed by atoms with Crippen molar-refractivity contribution >= 4 is 11.9 Å². The van der Waals surface area contributed by atoms with Gasteiger partial charge in [-0.05, 0) is 80.5 Å². The van der Waals surface area contributed by atoms with Gasteiger partial charge in [0.05, 0.1) is 18.8 Å². The maximum atomic E-state index is 12.5. The summed E-state index contributed by atoms with van der Waals surface area (Å²) >= 11 is 0. The van der Waals surface area contributed by atoms with Crippen molar-refractivity contribution in [3.05, 3.63) is 71.3 Å². The Hall–Kier alpha value is -2.66. The molecular formula is C29H39NO4. The fraction of sp³-hybridized carbons (Fsp3) is 0.517. The highest BCUT2D eigenvalue weighted by atomic mass is 16.5. The third-order valence-corrected chi connectivity index (χ3v) is 7.09. The molecule has 1 saturated heterocycles. The Morgan fingerprint density at radius 3 is 2.56 bits per heavy atom. The number of likely N-dealkylation sites (tertiary alicyclic amines) is 1. The molecule has 1 amide bonds. The van der Waals surface area contributed by atoms with Gasteiger partial charge in [0, 0.05) is 19.0 Å². The van der Waals surface area contributed by atoms with Gasteiger partial charge in [-0.15, -0.1) is 0 Å². The number of aliphatic hydroxyl groups excluding tert-OH is 1. The van der Waals surface area contributed by atoms with Gasteiger partial charge < -0.3 is 14.7 Å². The summed E-state index contributed by atoms with van der Waals surface area (Å²) in [6.45, 7) is 2.85. The second-order valence-corrected chi connectivity index (χ2v) is 9.57. The minimum absolute atomic E-state index is 0.221. The second kappa shape index (κ2) is 13.3. The molecule has 2 aromatic rings. The van der Waals surface area contributed by atoms with E-state index in [0.29, 0.717) is 18.5 Å². The fourth-order valence-corrected chi connectivity index (χ4v) is 4.94. The summed E-state index contributed by atoms with van der Waals surface area (Å²) in [5.74, 6) is 0.152. The number of rotatable bonds is 13. The molecule has 1 aliphatic rings. The Kier molecular flexibility index (Phi) is 10.1. The molecule has 5 nitrogen and oxygen atoms in total. The van der Waals surface area contributed by atoms with Crippen LogP contribution in [0.2, 0.25) is 0 Å². The number of benzene rings is 2. The van der Waals surface area contributed by atoms with Crippen LogP contribution in [0.15, 0.2) is 54.6 Å². The lowest BCUT2D eigenvalue weighted by atomic mass is 9.92. The number of aliphatic hydroxyl groups is 1. The summed E-state index contributed by atoms with van der Waals surface area (Å²) in [6, 6.07) is 18.2. The number of aryl methyl sites for hydroxylation is 2. The minimum Gasteiger partial charge on any atom is -0.465 e. The van der Waals surface area contributed by atoms with Crippen molar-refractivity contribution in [2.45, 2.75) is 76.9 Å². The van der Waals surface area contributed by atoms with Gasteiger partial charge in [-0.1, -0.05) is 49.4 Å². The molecule has 2 aromatic carbocycles. The zero-order valence-electron chi connectivity index (χ0n) is 20.6. The van der Waals surface area contributed by atoms with Crippen molar-refractivity contribution < 1.29 is 19.4 Å². The highest BCUT2D eigenvalue weighted by Gasteiger charge is 2.31. The molecule has 1 aliphatic heterocycles. The molecule has 0 bridgehead atoms. The molecule has 0 radical (unpaired) electrons. The number of hydrogen-bond acceptors (Lipinski definition) is 4. The average molecular weight is 466 g/mol. The van der Waals surface area contributed by atoms with E-state index in [-0.39, 0.29) is 29.9 Å². The molecule has 3 atom stereocenters. The first-order chi connectivity index (χ1) is 16.5. The Labute approximate surface area is 204 Å². The van der Waals surface area contributed by atoms with Gasteiger partial charge in [0.1, 0.15) is 0 Å². The first-order valence-corrected chi connectivity index (χ1v) is 12.7. The molecule has 0 aliphatic carbocycles. The first kappa shape index (κ1) is 26.0. The summed E-state index contributed by atoms with van der Waals surface area (Å²) in [7, 11) is 1.39. The molecule has 1 heterocycles. The van der Waals surface area contributed by atoms with Gasteiger partial charge >= 0.3 is 5.97 Å². The predicted octanol–water partition coefficient (Wildman–Crippen LogP) is 5.20. The van der Waals surface area contributed by atoms with Gasteiger partial charge in [0.25, 0.3) is 0 Å². The maximum absolute atomic E-state index is 12.5. The normalized spacial score (nSPS) is 17.6. The molecule has 1 fully saturated rings. The molecule has 34 heavy (non-hydrogen) atoms. The van der Waals surface area contributed by atoms with Crippen LogP contribution in [-0.4, -0.2) is 47.7 Å². The molecule has 0 aromatic heterocycles. The SMILES string of the molecule is COC(=O)c1cccc(CCCN2C(=O)CC[C@@H]2CC[C@@H](O)[C@@H](C)CCCc2ccccc2)c1. The average Bonchev–Trinajstić information content (AvgIpc) is 3.21. The number of carbonyl (C=O) groups is 2. The van der Waals surface area contributed by atoms with Crippen molar-refractivity contribution in [2.24, 2.45) is 5.92 Å². The van der Waals surface area contributed by atoms with Crippen molar-refractivity contribution in [1.82, 2.24) is 4.90 Å². The van der Waals surface area contributed by atoms with Crippen LogP contribution in [0.1, 0.15) is 73.4 Å². The standard InChI is InChI=1S/C29H39NO4/c1-22(9-6-12-23-10-4-3-5-11-23)27(31)18-16-26-17-19-28(32)30(26)20-8-14-24-13-7-15-25(21-24)29(33)34-2/h3-5,7,10-11,13,15,21-22,26-27,31H,6,8-9,12,14,16-20H2,1-2H3/t22-,26-,27+/m0/s1. The van der Waals surface area contributed by atoms with Crippen LogP contribution in [0.5, 0.6) is 0 Å². The lowest BCUT2D eigenvalue weighted by molar-refractivity contribution is -0.129. The number of nitrogens with zero attached hydrogens (tertiary/aromatic N) is 1. The van der Waals surface area contributed by atoms with Crippen LogP contribution in [0.3, 0.4) is 0 Å². The molecule has 0 unspecified atom stereocenters. The molecule has 0 spiro atoms. The zero-order chi connectivity index (χ0) is 24.3. The number of amides is 1. The van der Waals surface area contributed by atoms with E-state index < -0.39 is 0 Å². The summed E-state index contributed by atoms with van der Waals surface area (Å²) in [4.78, 5) is 26.2. The predicted molar refractivity (Wildman–Crippen MR) is 135 cm³/mol. The molecule has 3 rings (SSSR count). The lowest BCUT2D eigenvalue weighted by Crippen LogP contribution is -2.35.